The Balaban J connectivity index is 2.36. The molecule has 1 unspecified atom stereocenters. The van der Waals surface area contributed by atoms with Crippen LogP contribution < -0.4 is 0 Å². The summed E-state index contributed by atoms with van der Waals surface area (Å²) in [5.74, 6) is 1.69. The highest BCUT2D eigenvalue weighted by Gasteiger charge is 2.18. The quantitative estimate of drug-likeness (QED) is 0.609. The normalized spacial score (nSPS) is 25.5. The van der Waals surface area contributed by atoms with Crippen LogP contribution in [0.4, 0.5) is 0 Å². The molecule has 1 rings (SSSR count). The van der Waals surface area contributed by atoms with Gasteiger partial charge in [-0.05, 0) is 44.2 Å². The van der Waals surface area contributed by atoms with E-state index in [0.29, 0.717) is 6.54 Å². The van der Waals surface area contributed by atoms with Crippen molar-refractivity contribution in [2.75, 3.05) is 19.6 Å². The van der Waals surface area contributed by atoms with E-state index in [-0.39, 0.29) is 0 Å². The van der Waals surface area contributed by atoms with E-state index in [9.17, 15) is 0 Å². The van der Waals surface area contributed by atoms with Gasteiger partial charge in [0.2, 0.25) is 0 Å². The monoisotopic (exact) mass is 180 g/mol. The Bertz CT molecular complexity index is 181. The van der Waals surface area contributed by atoms with E-state index in [2.05, 4.69) is 24.8 Å². The Labute approximate surface area is 81.5 Å². The van der Waals surface area contributed by atoms with Gasteiger partial charge in [0.15, 0.2) is 0 Å². The zero-order chi connectivity index (χ0) is 9.68. The predicted molar refractivity (Wildman–Crippen MR) is 54.2 cm³/mol. The van der Waals surface area contributed by atoms with Crippen LogP contribution in [0.1, 0.15) is 33.1 Å². The fraction of sp³-hybridized carbons (Fsp3) is 0.909. The van der Waals surface area contributed by atoms with Crippen molar-refractivity contribution in [1.82, 2.24) is 4.90 Å². The molecule has 1 heterocycles. The molecule has 0 spiro atoms. The summed E-state index contributed by atoms with van der Waals surface area (Å²) < 4.78 is 0. The van der Waals surface area contributed by atoms with Gasteiger partial charge in [0.1, 0.15) is 0 Å². The van der Waals surface area contributed by atoms with Gasteiger partial charge in [0.05, 0.1) is 12.6 Å². The second kappa shape index (κ2) is 5.24. The smallest absolute Gasteiger partial charge is 0.0865 e. The summed E-state index contributed by atoms with van der Waals surface area (Å²) in [6, 6.07) is 2.24. The molecule has 0 N–H and O–H groups in total. The molecule has 1 aliphatic heterocycles. The van der Waals surface area contributed by atoms with Crippen molar-refractivity contribution in [3.8, 4) is 6.07 Å². The molecule has 0 aromatic carbocycles. The first-order valence-electron chi connectivity index (χ1n) is 5.33. The lowest BCUT2D eigenvalue weighted by Gasteiger charge is -2.18. The molecular formula is C11H20N2. The molecule has 0 radical (unpaired) electrons. The van der Waals surface area contributed by atoms with Gasteiger partial charge < -0.3 is 0 Å². The fourth-order valence-electron chi connectivity index (χ4n) is 2.11. The Morgan fingerprint density at radius 2 is 2.15 bits per heavy atom. The number of likely N-dealkylation sites (tertiary alicyclic amines) is 1. The third kappa shape index (κ3) is 3.36. The van der Waals surface area contributed by atoms with Gasteiger partial charge in [0.25, 0.3) is 0 Å². The summed E-state index contributed by atoms with van der Waals surface area (Å²) in [4.78, 5) is 2.28. The first kappa shape index (κ1) is 10.5. The first-order valence-corrected chi connectivity index (χ1v) is 5.33. The SMILES string of the molecule is CC(C)C1CCCN(CC#N)CC1. The Morgan fingerprint density at radius 1 is 1.38 bits per heavy atom. The molecular weight excluding hydrogens is 160 g/mol. The molecule has 0 bridgehead atoms. The third-order valence-electron chi connectivity index (χ3n) is 3.10. The molecule has 13 heavy (non-hydrogen) atoms. The number of nitrogens with zero attached hydrogens (tertiary/aromatic N) is 2. The van der Waals surface area contributed by atoms with E-state index < -0.39 is 0 Å². The first-order chi connectivity index (χ1) is 6.24. The molecule has 0 aromatic heterocycles. The van der Waals surface area contributed by atoms with Gasteiger partial charge in [-0.15, -0.1) is 0 Å². The summed E-state index contributed by atoms with van der Waals surface area (Å²) in [6.07, 6.45) is 3.89. The maximum absolute atomic E-state index is 8.59. The maximum atomic E-state index is 8.59. The molecule has 74 valence electrons. The second-order valence-electron chi connectivity index (χ2n) is 4.37. The van der Waals surface area contributed by atoms with E-state index in [1.165, 1.54) is 19.3 Å². The third-order valence-corrected chi connectivity index (χ3v) is 3.10. The Morgan fingerprint density at radius 3 is 2.77 bits per heavy atom. The minimum Gasteiger partial charge on any atom is -0.291 e. The van der Waals surface area contributed by atoms with E-state index in [1.54, 1.807) is 0 Å². The minimum atomic E-state index is 0.616. The van der Waals surface area contributed by atoms with Crippen LogP contribution in [-0.2, 0) is 0 Å². The van der Waals surface area contributed by atoms with E-state index >= 15 is 0 Å². The van der Waals surface area contributed by atoms with Crippen LogP contribution >= 0.6 is 0 Å². The number of hydrogen-bond donors (Lipinski definition) is 0. The Hall–Kier alpha value is -0.550. The number of hydrogen-bond acceptors (Lipinski definition) is 2. The standard InChI is InChI=1S/C11H20N2/c1-10(2)11-4-3-7-13(8-5-11)9-6-12/h10-11H,3-5,7-9H2,1-2H3. The molecule has 1 saturated heterocycles. The second-order valence-corrected chi connectivity index (χ2v) is 4.37. The number of nitriles is 1. The fourth-order valence-corrected chi connectivity index (χ4v) is 2.11. The van der Waals surface area contributed by atoms with Gasteiger partial charge in [-0.25, -0.2) is 0 Å². The van der Waals surface area contributed by atoms with Crippen molar-refractivity contribution in [3.63, 3.8) is 0 Å². The highest BCUT2D eigenvalue weighted by atomic mass is 15.1. The zero-order valence-electron chi connectivity index (χ0n) is 8.79. The van der Waals surface area contributed by atoms with E-state index in [4.69, 9.17) is 5.26 Å². The molecule has 1 atom stereocenters. The lowest BCUT2D eigenvalue weighted by molar-refractivity contribution is 0.298. The van der Waals surface area contributed by atoms with Crippen LogP contribution in [0.3, 0.4) is 0 Å². The summed E-state index contributed by atoms with van der Waals surface area (Å²) in [5.41, 5.74) is 0. The van der Waals surface area contributed by atoms with Crippen molar-refractivity contribution in [1.29, 1.82) is 5.26 Å². The molecule has 2 heteroatoms. The van der Waals surface area contributed by atoms with Crippen LogP contribution in [0.5, 0.6) is 0 Å². The predicted octanol–water partition coefficient (Wildman–Crippen LogP) is 2.27. The van der Waals surface area contributed by atoms with E-state index in [0.717, 1.165) is 24.9 Å². The summed E-state index contributed by atoms with van der Waals surface area (Å²) in [5, 5.41) is 8.59. The van der Waals surface area contributed by atoms with Crippen molar-refractivity contribution in [3.05, 3.63) is 0 Å². The molecule has 1 fully saturated rings. The molecule has 0 aromatic rings. The number of rotatable bonds is 2. The van der Waals surface area contributed by atoms with Crippen LogP contribution in [0, 0.1) is 23.2 Å². The van der Waals surface area contributed by atoms with Gasteiger partial charge in [0, 0.05) is 0 Å². The van der Waals surface area contributed by atoms with Crippen molar-refractivity contribution in [2.24, 2.45) is 11.8 Å². The van der Waals surface area contributed by atoms with Crippen molar-refractivity contribution in [2.45, 2.75) is 33.1 Å². The average Bonchev–Trinajstić information content (AvgIpc) is 2.30. The summed E-state index contributed by atoms with van der Waals surface area (Å²) in [7, 11) is 0. The van der Waals surface area contributed by atoms with Crippen molar-refractivity contribution >= 4 is 0 Å². The van der Waals surface area contributed by atoms with Crippen LogP contribution in [-0.4, -0.2) is 24.5 Å². The largest absolute Gasteiger partial charge is 0.291 e. The summed E-state index contributed by atoms with van der Waals surface area (Å²) in [6.45, 7) is 7.48. The average molecular weight is 180 g/mol. The zero-order valence-corrected chi connectivity index (χ0v) is 8.79. The van der Waals surface area contributed by atoms with Crippen molar-refractivity contribution < 1.29 is 0 Å². The molecule has 0 amide bonds. The molecule has 0 saturated carbocycles. The van der Waals surface area contributed by atoms with Crippen LogP contribution in [0.2, 0.25) is 0 Å². The molecule has 1 aliphatic rings. The van der Waals surface area contributed by atoms with Gasteiger partial charge >= 0.3 is 0 Å². The lowest BCUT2D eigenvalue weighted by Crippen LogP contribution is -2.25. The Kier molecular flexibility index (Phi) is 4.24. The molecule has 2 nitrogen and oxygen atoms in total. The highest BCUT2D eigenvalue weighted by Crippen LogP contribution is 2.24. The van der Waals surface area contributed by atoms with Gasteiger partial charge in [-0.1, -0.05) is 13.8 Å². The van der Waals surface area contributed by atoms with Crippen LogP contribution in [0.25, 0.3) is 0 Å². The maximum Gasteiger partial charge on any atom is 0.0865 e. The van der Waals surface area contributed by atoms with Gasteiger partial charge in [-0.3, -0.25) is 4.90 Å². The minimum absolute atomic E-state index is 0.616. The van der Waals surface area contributed by atoms with Gasteiger partial charge in [-0.2, -0.15) is 5.26 Å². The summed E-state index contributed by atoms with van der Waals surface area (Å²) >= 11 is 0. The topological polar surface area (TPSA) is 27.0 Å². The highest BCUT2D eigenvalue weighted by molar-refractivity contribution is 4.79. The molecule has 0 aliphatic carbocycles. The lowest BCUT2D eigenvalue weighted by atomic mass is 9.89. The van der Waals surface area contributed by atoms with Crippen LogP contribution in [0.15, 0.2) is 0 Å². The van der Waals surface area contributed by atoms with E-state index in [1.807, 2.05) is 0 Å².